The quantitative estimate of drug-likeness (QED) is 0.118. The number of ether oxygens (including phenoxy) is 4. The number of unbranched alkanes of at least 4 members (excludes halogenated alkanes) is 14. The number of carboxylic acids is 1. The Bertz CT molecular complexity index is 764. The van der Waals surface area contributed by atoms with Gasteiger partial charge in [0.25, 0.3) is 0 Å². The third kappa shape index (κ3) is 26.7. The first kappa shape index (κ1) is 41.1. The molecule has 0 saturated carbocycles. The molecule has 0 heterocycles. The zero-order valence-electron chi connectivity index (χ0n) is 28.7. The molecule has 0 fully saturated rings. The summed E-state index contributed by atoms with van der Waals surface area (Å²) in [6, 6.07) is 15.3. The normalized spacial score (nSPS) is 10.1. The molecular formula is C38H64O6. The second-order valence-electron chi connectivity index (χ2n) is 10.8. The highest BCUT2D eigenvalue weighted by Crippen LogP contribution is 2.18. The highest BCUT2D eigenvalue weighted by Gasteiger charge is 1.97. The van der Waals surface area contributed by atoms with E-state index in [1.54, 1.807) is 0 Å². The first-order valence-electron chi connectivity index (χ1n) is 17.4. The van der Waals surface area contributed by atoms with Crippen LogP contribution in [0.5, 0.6) is 23.0 Å². The number of benzene rings is 2. The maximum Gasteiger partial charge on any atom is 0.303 e. The predicted molar refractivity (Wildman–Crippen MR) is 185 cm³/mol. The summed E-state index contributed by atoms with van der Waals surface area (Å²) in [5.74, 6) is 2.91. The minimum absolute atomic E-state index is 0.345. The van der Waals surface area contributed by atoms with Crippen molar-refractivity contribution in [1.82, 2.24) is 0 Å². The minimum atomic E-state index is -0.653. The van der Waals surface area contributed by atoms with Crippen LogP contribution in [0.25, 0.3) is 0 Å². The molecule has 0 aliphatic rings. The van der Waals surface area contributed by atoms with Crippen molar-refractivity contribution in [2.24, 2.45) is 0 Å². The summed E-state index contributed by atoms with van der Waals surface area (Å²) in [5, 5.41) is 8.52. The Balaban J connectivity index is 0.000000663. The van der Waals surface area contributed by atoms with Crippen LogP contribution in [0.3, 0.4) is 0 Å². The summed E-state index contributed by atoms with van der Waals surface area (Å²) in [4.78, 5) is 10.3. The lowest BCUT2D eigenvalue weighted by atomic mass is 10.0. The van der Waals surface area contributed by atoms with Gasteiger partial charge in [0, 0.05) is 6.42 Å². The van der Waals surface area contributed by atoms with Gasteiger partial charge in [-0.05, 0) is 82.6 Å². The Labute approximate surface area is 269 Å². The topological polar surface area (TPSA) is 74.2 Å². The standard InChI is InChI=1S/C18H36O2.2C10H14O2/c1-2-3-4-5-6-7-8-9-10-11-12-13-14-15-16-17-18(19)20;2*1-3-11-9-5-7-10(8-6-9)12-4-2/h2-17H2,1H3,(H,19,20);2*5-8H,3-4H2,1-2H3. The van der Waals surface area contributed by atoms with E-state index in [-0.39, 0.29) is 0 Å². The van der Waals surface area contributed by atoms with E-state index in [2.05, 4.69) is 6.92 Å². The fraction of sp³-hybridized carbons (Fsp3) is 0.658. The predicted octanol–water partition coefficient (Wildman–Crippen LogP) is 11.3. The van der Waals surface area contributed by atoms with Crippen LogP contribution >= 0.6 is 0 Å². The number of carbonyl (C=O) groups is 1. The highest BCUT2D eigenvalue weighted by molar-refractivity contribution is 5.66. The molecule has 252 valence electrons. The lowest BCUT2D eigenvalue weighted by molar-refractivity contribution is -0.137. The van der Waals surface area contributed by atoms with Gasteiger partial charge in [0.15, 0.2) is 0 Å². The zero-order valence-corrected chi connectivity index (χ0v) is 28.7. The van der Waals surface area contributed by atoms with Gasteiger partial charge in [-0.1, -0.05) is 96.8 Å². The van der Waals surface area contributed by atoms with Gasteiger partial charge >= 0.3 is 5.97 Å². The maximum atomic E-state index is 10.3. The summed E-state index contributed by atoms with van der Waals surface area (Å²) in [6.07, 6.45) is 20.2. The molecule has 0 aliphatic heterocycles. The van der Waals surface area contributed by atoms with Crippen molar-refractivity contribution in [2.75, 3.05) is 26.4 Å². The van der Waals surface area contributed by atoms with Crippen molar-refractivity contribution >= 4 is 5.97 Å². The molecular weight excluding hydrogens is 552 g/mol. The van der Waals surface area contributed by atoms with Crippen LogP contribution in [0.4, 0.5) is 0 Å². The fourth-order valence-corrected chi connectivity index (χ4v) is 4.58. The number of aliphatic carboxylic acids is 1. The molecule has 1 N–H and O–H groups in total. The van der Waals surface area contributed by atoms with Gasteiger partial charge < -0.3 is 24.1 Å². The van der Waals surface area contributed by atoms with E-state index in [9.17, 15) is 4.79 Å². The second-order valence-corrected chi connectivity index (χ2v) is 10.8. The third-order valence-electron chi connectivity index (χ3n) is 6.89. The molecule has 44 heavy (non-hydrogen) atoms. The third-order valence-corrected chi connectivity index (χ3v) is 6.89. The van der Waals surface area contributed by atoms with Gasteiger partial charge in [-0.15, -0.1) is 0 Å². The number of carboxylic acid groups (broad SMARTS) is 1. The van der Waals surface area contributed by atoms with Crippen LogP contribution in [0.2, 0.25) is 0 Å². The smallest absolute Gasteiger partial charge is 0.303 e. The van der Waals surface area contributed by atoms with E-state index in [1.807, 2.05) is 76.2 Å². The number of rotatable bonds is 24. The Hall–Kier alpha value is -2.89. The van der Waals surface area contributed by atoms with Crippen molar-refractivity contribution in [3.63, 3.8) is 0 Å². The van der Waals surface area contributed by atoms with Gasteiger partial charge in [0.1, 0.15) is 23.0 Å². The summed E-state index contributed by atoms with van der Waals surface area (Å²) in [5.41, 5.74) is 0. The average molecular weight is 617 g/mol. The van der Waals surface area contributed by atoms with E-state index in [4.69, 9.17) is 24.1 Å². The van der Waals surface area contributed by atoms with E-state index in [1.165, 1.54) is 83.5 Å². The number of hydrogen-bond acceptors (Lipinski definition) is 5. The molecule has 2 aromatic carbocycles. The molecule has 2 rings (SSSR count). The van der Waals surface area contributed by atoms with Crippen molar-refractivity contribution in [1.29, 1.82) is 0 Å². The lowest BCUT2D eigenvalue weighted by Gasteiger charge is -2.04. The maximum absolute atomic E-state index is 10.3. The Morgan fingerprint density at radius 3 is 0.864 bits per heavy atom. The summed E-state index contributed by atoms with van der Waals surface area (Å²) >= 11 is 0. The molecule has 6 heteroatoms. The summed E-state index contributed by atoms with van der Waals surface area (Å²) in [6.45, 7) is 13.0. The van der Waals surface area contributed by atoms with Crippen molar-refractivity contribution < 1.29 is 28.8 Å². The van der Waals surface area contributed by atoms with Crippen LogP contribution in [-0.4, -0.2) is 37.5 Å². The van der Waals surface area contributed by atoms with Crippen LogP contribution < -0.4 is 18.9 Å². The van der Waals surface area contributed by atoms with Gasteiger partial charge in [0.05, 0.1) is 26.4 Å². The highest BCUT2D eigenvalue weighted by atomic mass is 16.5. The monoisotopic (exact) mass is 616 g/mol. The van der Waals surface area contributed by atoms with E-state index in [0.29, 0.717) is 32.8 Å². The zero-order chi connectivity index (χ0) is 32.5. The van der Waals surface area contributed by atoms with Crippen LogP contribution in [0.15, 0.2) is 48.5 Å². The SMILES string of the molecule is CCCCCCCCCCCCCCCCCC(=O)O.CCOc1ccc(OCC)cc1.CCOc1ccc(OCC)cc1. The largest absolute Gasteiger partial charge is 0.494 e. The Morgan fingerprint density at radius 2 is 0.659 bits per heavy atom. The van der Waals surface area contributed by atoms with Crippen molar-refractivity contribution in [3.05, 3.63) is 48.5 Å². The molecule has 0 unspecified atom stereocenters. The average Bonchev–Trinajstić information content (AvgIpc) is 3.02. The van der Waals surface area contributed by atoms with Crippen LogP contribution in [0.1, 0.15) is 137 Å². The molecule has 0 aromatic heterocycles. The Kier molecular flexibility index (Phi) is 29.5. The van der Waals surface area contributed by atoms with Crippen LogP contribution in [0, 0.1) is 0 Å². The van der Waals surface area contributed by atoms with Crippen molar-refractivity contribution in [3.8, 4) is 23.0 Å². The van der Waals surface area contributed by atoms with Gasteiger partial charge in [0.2, 0.25) is 0 Å². The van der Waals surface area contributed by atoms with E-state index in [0.717, 1.165) is 35.8 Å². The molecule has 2 aromatic rings. The van der Waals surface area contributed by atoms with E-state index < -0.39 is 5.97 Å². The minimum Gasteiger partial charge on any atom is -0.494 e. The molecule has 0 amide bonds. The van der Waals surface area contributed by atoms with Gasteiger partial charge in [-0.25, -0.2) is 0 Å². The van der Waals surface area contributed by atoms with Gasteiger partial charge in [-0.2, -0.15) is 0 Å². The molecule has 0 radical (unpaired) electrons. The van der Waals surface area contributed by atoms with Crippen molar-refractivity contribution in [2.45, 2.75) is 137 Å². The van der Waals surface area contributed by atoms with E-state index >= 15 is 0 Å². The van der Waals surface area contributed by atoms with Gasteiger partial charge in [-0.3, -0.25) is 4.79 Å². The molecule has 0 saturated heterocycles. The fourth-order valence-electron chi connectivity index (χ4n) is 4.58. The first-order chi connectivity index (χ1) is 21.5. The Morgan fingerprint density at radius 1 is 0.432 bits per heavy atom. The number of hydrogen-bond donors (Lipinski definition) is 1. The summed E-state index contributed by atoms with van der Waals surface area (Å²) in [7, 11) is 0. The lowest BCUT2D eigenvalue weighted by Crippen LogP contribution is -1.93. The molecule has 0 aliphatic carbocycles. The molecule has 0 bridgehead atoms. The van der Waals surface area contributed by atoms with Crippen LogP contribution in [-0.2, 0) is 4.79 Å². The summed E-state index contributed by atoms with van der Waals surface area (Å²) < 4.78 is 21.1. The first-order valence-corrected chi connectivity index (χ1v) is 17.4. The molecule has 6 nitrogen and oxygen atoms in total. The molecule has 0 spiro atoms. The molecule has 0 atom stereocenters. The second kappa shape index (κ2) is 31.5.